The number of aromatic nitrogens is 8. The molecule has 2 fully saturated rings. The zero-order chi connectivity index (χ0) is 34.7. The SMILES string of the molecule is O=[PH](S)OC1[C@@H](F)[C@H](n2cnc3c(NC/C=C/CCNc4ncnc5c4ncn5[C@@H]4O[C@H](CO)[C@@H](O[PH](=O)S)[C@H]4F)ncnc32)O[C@@H]1CO. The lowest BCUT2D eigenvalue weighted by atomic mass is 10.1. The van der Waals surface area contributed by atoms with Crippen molar-refractivity contribution >= 4 is 72.9 Å². The molecule has 4 aromatic rings. The molecule has 10 atom stereocenters. The van der Waals surface area contributed by atoms with Gasteiger partial charge in [0, 0.05) is 13.1 Å². The molecule has 3 unspecified atom stereocenters. The summed E-state index contributed by atoms with van der Waals surface area (Å²) in [6, 6.07) is 0. The van der Waals surface area contributed by atoms with Crippen LogP contribution in [0.5, 0.6) is 0 Å². The summed E-state index contributed by atoms with van der Waals surface area (Å²) in [4.78, 5) is 25.6. The fourth-order valence-corrected chi connectivity index (χ4v) is 7.37. The van der Waals surface area contributed by atoms with Crippen molar-refractivity contribution in [3.05, 3.63) is 37.5 Å². The molecule has 0 aromatic carbocycles. The molecule has 2 saturated heterocycles. The van der Waals surface area contributed by atoms with E-state index in [0.717, 1.165) is 0 Å². The first kappa shape index (κ1) is 36.0. The second-order valence-electron chi connectivity index (χ2n) is 10.7. The molecular weight excluding hydrogens is 732 g/mol. The summed E-state index contributed by atoms with van der Waals surface area (Å²) in [5.41, 5.74) is 1.31. The lowest BCUT2D eigenvalue weighted by Gasteiger charge is -2.16. The van der Waals surface area contributed by atoms with Crippen molar-refractivity contribution in [2.75, 3.05) is 36.9 Å². The normalized spacial score (nSPS) is 28.5. The highest BCUT2D eigenvalue weighted by atomic mass is 32.7. The molecule has 6 rings (SSSR count). The van der Waals surface area contributed by atoms with E-state index in [2.05, 4.69) is 65.0 Å². The van der Waals surface area contributed by atoms with Gasteiger partial charge < -0.3 is 39.4 Å². The quantitative estimate of drug-likeness (QED) is 0.0442. The van der Waals surface area contributed by atoms with E-state index in [1.54, 1.807) is 0 Å². The summed E-state index contributed by atoms with van der Waals surface area (Å²) >= 11 is 7.43. The number of fused-ring (bicyclic) bond motifs is 2. The van der Waals surface area contributed by atoms with Gasteiger partial charge >= 0.3 is 0 Å². The minimum atomic E-state index is -2.79. The minimum absolute atomic E-state index is 0.283. The van der Waals surface area contributed by atoms with Crippen LogP contribution in [-0.2, 0) is 27.7 Å². The van der Waals surface area contributed by atoms with Crippen LogP contribution in [0, 0.1) is 0 Å². The number of anilines is 2. The van der Waals surface area contributed by atoms with Crippen molar-refractivity contribution in [3.63, 3.8) is 0 Å². The number of hydrogen-bond acceptors (Lipinski definition) is 16. The molecule has 2 aliphatic rings. The lowest BCUT2D eigenvalue weighted by Crippen LogP contribution is -2.31. The van der Waals surface area contributed by atoms with Crippen LogP contribution < -0.4 is 10.6 Å². The average Bonchev–Trinajstić information content (AvgIpc) is 3.85. The van der Waals surface area contributed by atoms with Gasteiger partial charge in [-0.2, -0.15) is 0 Å². The van der Waals surface area contributed by atoms with Gasteiger partial charge in [0.15, 0.2) is 58.8 Å². The third kappa shape index (κ3) is 7.63. The average molecular weight is 765 g/mol. The number of ether oxygens (including phenoxy) is 2. The van der Waals surface area contributed by atoms with Crippen LogP contribution in [0.1, 0.15) is 18.9 Å². The summed E-state index contributed by atoms with van der Waals surface area (Å²) in [6.07, 6.45) is -0.955. The van der Waals surface area contributed by atoms with Gasteiger partial charge in [-0.1, -0.05) is 36.6 Å². The number of hydrogen-bond donors (Lipinski definition) is 6. The van der Waals surface area contributed by atoms with Crippen molar-refractivity contribution in [2.24, 2.45) is 0 Å². The maximum absolute atomic E-state index is 15.2. The third-order valence-corrected chi connectivity index (χ3v) is 9.37. The van der Waals surface area contributed by atoms with Gasteiger partial charge in [0.2, 0.25) is 14.5 Å². The van der Waals surface area contributed by atoms with Gasteiger partial charge in [-0.25, -0.2) is 38.7 Å². The zero-order valence-electron chi connectivity index (χ0n) is 25.2. The number of aliphatic hydroxyl groups is 2. The Morgan fingerprint density at radius 3 is 1.76 bits per heavy atom. The Labute approximate surface area is 288 Å². The van der Waals surface area contributed by atoms with E-state index in [4.69, 9.17) is 18.5 Å². The van der Waals surface area contributed by atoms with Gasteiger partial charge in [-0.3, -0.25) is 18.3 Å². The minimum Gasteiger partial charge on any atom is -0.394 e. The highest BCUT2D eigenvalue weighted by Crippen LogP contribution is 2.42. The van der Waals surface area contributed by atoms with Gasteiger partial charge in [-0.15, -0.1) is 0 Å². The molecule has 0 radical (unpaired) electrons. The fourth-order valence-electron chi connectivity index (χ4n) is 5.61. The number of nitrogens with zero attached hydrogens (tertiary/aromatic N) is 8. The summed E-state index contributed by atoms with van der Waals surface area (Å²) in [7, 11) is -5.57. The molecule has 0 aliphatic carbocycles. The van der Waals surface area contributed by atoms with Crippen molar-refractivity contribution < 1.29 is 46.6 Å². The maximum atomic E-state index is 15.2. The molecule has 0 bridgehead atoms. The van der Waals surface area contributed by atoms with Gasteiger partial charge in [-0.05, 0) is 6.42 Å². The molecule has 2 aliphatic heterocycles. The molecule has 18 nitrogen and oxygen atoms in total. The van der Waals surface area contributed by atoms with Crippen LogP contribution in [0.4, 0.5) is 20.4 Å². The van der Waals surface area contributed by atoms with Crippen LogP contribution in [0.15, 0.2) is 37.5 Å². The first-order valence-electron chi connectivity index (χ1n) is 14.8. The number of rotatable bonds is 15. The molecule has 0 spiro atoms. The van der Waals surface area contributed by atoms with Crippen molar-refractivity contribution in [3.8, 4) is 0 Å². The standard InChI is InChI=1S/C25H32F2N10O8P2S2/c26-14-18(44-46(40)48)12(6-38)42-24(14)36-10-34-16-20(30-8-32-22(16)36)28-4-2-1-3-5-29-21-17-23(33-9-31-21)37(11-35-17)25-15(27)19(45-47(41)49)13(7-39)43-25/h1-2,8-15,18-19,24-25,38-39,46-47H,3-7H2,(H,40,48)(H,41,49)(H,28,30,32)(H,29,31,33)/b2-1+/t12-,13-,14-,15-,18?,19-,24-,25-/m1/s1. The molecule has 0 amide bonds. The smallest absolute Gasteiger partial charge is 0.243 e. The fraction of sp³-hybridized carbons (Fsp3) is 0.520. The molecule has 4 N–H and O–H groups in total. The topological polar surface area (TPSA) is 223 Å². The Kier molecular flexibility index (Phi) is 11.8. The monoisotopic (exact) mass is 764 g/mol. The van der Waals surface area contributed by atoms with E-state index in [1.165, 1.54) is 34.4 Å². The van der Waals surface area contributed by atoms with E-state index < -0.39 is 76.9 Å². The Hall–Kier alpha value is -2.78. The molecule has 4 aromatic heterocycles. The zero-order valence-corrected chi connectivity index (χ0v) is 29.0. The first-order valence-corrected chi connectivity index (χ1v) is 20.0. The molecule has 24 heteroatoms. The second-order valence-corrected chi connectivity index (χ2v) is 14.5. The lowest BCUT2D eigenvalue weighted by molar-refractivity contribution is -0.0427. The Morgan fingerprint density at radius 2 is 1.29 bits per heavy atom. The van der Waals surface area contributed by atoms with E-state index in [9.17, 15) is 19.3 Å². The highest BCUT2D eigenvalue weighted by Gasteiger charge is 2.49. The van der Waals surface area contributed by atoms with Crippen LogP contribution >= 0.6 is 39.0 Å². The van der Waals surface area contributed by atoms with Crippen LogP contribution in [0.2, 0.25) is 0 Å². The Bertz CT molecular complexity index is 1840. The largest absolute Gasteiger partial charge is 0.394 e. The Balaban J connectivity index is 1.03. The van der Waals surface area contributed by atoms with Gasteiger partial charge in [0.05, 0.1) is 25.9 Å². The summed E-state index contributed by atoms with van der Waals surface area (Å²) in [5.74, 6) is 0.815. The number of halogens is 2. The second kappa shape index (κ2) is 16.1. The maximum Gasteiger partial charge on any atom is 0.243 e. The summed E-state index contributed by atoms with van der Waals surface area (Å²) in [5, 5.41) is 25.5. The predicted molar refractivity (Wildman–Crippen MR) is 179 cm³/mol. The molecule has 0 saturated carbocycles. The van der Waals surface area contributed by atoms with Crippen LogP contribution in [0.25, 0.3) is 22.3 Å². The van der Waals surface area contributed by atoms with Gasteiger partial charge in [0.1, 0.15) is 37.1 Å². The van der Waals surface area contributed by atoms with E-state index in [1.807, 2.05) is 12.2 Å². The van der Waals surface area contributed by atoms with E-state index in [-0.39, 0.29) is 11.3 Å². The number of nitrogens with one attached hydrogen (secondary N) is 2. The molecular formula is C25H32F2N10O8P2S2. The predicted octanol–water partition coefficient (Wildman–Crippen LogP) is 2.30. The highest BCUT2D eigenvalue weighted by molar-refractivity contribution is 8.39. The number of aliphatic hydroxyl groups excluding tert-OH is 2. The van der Waals surface area contributed by atoms with Crippen LogP contribution in [-0.4, -0.2) is 112 Å². The van der Waals surface area contributed by atoms with Crippen molar-refractivity contribution in [1.82, 2.24) is 39.0 Å². The molecule has 6 heterocycles. The van der Waals surface area contributed by atoms with Crippen molar-refractivity contribution in [1.29, 1.82) is 0 Å². The number of imidazole rings is 2. The molecule has 49 heavy (non-hydrogen) atoms. The van der Waals surface area contributed by atoms with Crippen LogP contribution in [0.3, 0.4) is 0 Å². The number of alkyl halides is 2. The van der Waals surface area contributed by atoms with E-state index in [0.29, 0.717) is 42.2 Å². The first-order chi connectivity index (χ1) is 23.7. The third-order valence-electron chi connectivity index (χ3n) is 7.79. The Morgan fingerprint density at radius 1 is 0.796 bits per heavy atom. The number of thiol groups is 2. The summed E-state index contributed by atoms with van der Waals surface area (Å²) in [6.45, 7) is -0.245. The van der Waals surface area contributed by atoms with E-state index >= 15 is 8.78 Å². The van der Waals surface area contributed by atoms with Gasteiger partial charge in [0.25, 0.3) is 0 Å². The summed E-state index contributed by atoms with van der Waals surface area (Å²) < 4.78 is 77.6. The molecule has 266 valence electrons. The van der Waals surface area contributed by atoms with Crippen molar-refractivity contribution in [2.45, 2.75) is 55.6 Å².